The highest BCUT2D eigenvalue weighted by Gasteiger charge is 2.11. The van der Waals surface area contributed by atoms with Gasteiger partial charge in [0.1, 0.15) is 0 Å². The van der Waals surface area contributed by atoms with Crippen LogP contribution in [-0.4, -0.2) is 29.0 Å². The summed E-state index contributed by atoms with van der Waals surface area (Å²) in [6, 6.07) is 7.79. The zero-order valence-electron chi connectivity index (χ0n) is 13.3. The van der Waals surface area contributed by atoms with Crippen LogP contribution in [0.1, 0.15) is 36.7 Å². The van der Waals surface area contributed by atoms with Gasteiger partial charge in [-0.1, -0.05) is 25.1 Å². The van der Waals surface area contributed by atoms with E-state index >= 15 is 0 Å². The van der Waals surface area contributed by atoms with Crippen molar-refractivity contribution >= 4 is 17.5 Å². The topological polar surface area (TPSA) is 58.1 Å². The number of anilines is 2. The van der Waals surface area contributed by atoms with Gasteiger partial charge in [-0.3, -0.25) is 4.79 Å². The number of para-hydroxylation sites is 1. The molecule has 1 aromatic carbocycles. The minimum atomic E-state index is -0.188. The van der Waals surface area contributed by atoms with Crippen LogP contribution in [0, 0.1) is 0 Å². The van der Waals surface area contributed by atoms with Crippen molar-refractivity contribution in [3.63, 3.8) is 0 Å². The molecule has 1 N–H and O–H groups in total. The predicted molar refractivity (Wildman–Crippen MR) is 89.4 cm³/mol. The summed E-state index contributed by atoms with van der Waals surface area (Å²) in [5.74, 6) is 0.461. The number of amides is 1. The number of aryl methyl sites for hydroxylation is 1. The van der Waals surface area contributed by atoms with Crippen molar-refractivity contribution in [2.24, 2.45) is 0 Å². The first kappa shape index (κ1) is 15.9. The maximum absolute atomic E-state index is 12.3. The lowest BCUT2D eigenvalue weighted by Crippen LogP contribution is -2.24. The Morgan fingerprint density at radius 2 is 1.73 bits per heavy atom. The maximum Gasteiger partial charge on any atom is 0.258 e. The van der Waals surface area contributed by atoms with E-state index in [1.165, 1.54) is 0 Å². The van der Waals surface area contributed by atoms with E-state index in [4.69, 9.17) is 0 Å². The monoisotopic (exact) mass is 298 g/mol. The number of hydrogen-bond donors (Lipinski definition) is 1. The van der Waals surface area contributed by atoms with Crippen LogP contribution in [0.4, 0.5) is 11.6 Å². The zero-order valence-corrected chi connectivity index (χ0v) is 13.3. The second-order valence-corrected chi connectivity index (χ2v) is 4.91. The molecule has 1 amide bonds. The number of hydrogen-bond acceptors (Lipinski definition) is 4. The van der Waals surface area contributed by atoms with E-state index in [-0.39, 0.29) is 5.91 Å². The van der Waals surface area contributed by atoms with Crippen LogP contribution in [0.5, 0.6) is 0 Å². The molecule has 0 saturated heterocycles. The quantitative estimate of drug-likeness (QED) is 0.890. The Balaban J connectivity index is 2.13. The number of carbonyl (C=O) groups is 1. The van der Waals surface area contributed by atoms with Gasteiger partial charge in [-0.2, -0.15) is 0 Å². The Labute approximate surface area is 131 Å². The molecule has 5 nitrogen and oxygen atoms in total. The van der Waals surface area contributed by atoms with Crippen molar-refractivity contribution in [1.82, 2.24) is 9.97 Å². The number of benzene rings is 1. The number of carbonyl (C=O) groups excluding carboxylic acids is 1. The molecule has 2 rings (SSSR count). The highest BCUT2D eigenvalue weighted by molar-refractivity contribution is 6.04. The molecule has 0 aliphatic carbocycles. The molecule has 1 heterocycles. The minimum absolute atomic E-state index is 0.188. The molecule has 0 saturated carbocycles. The lowest BCUT2D eigenvalue weighted by molar-refractivity contribution is 0.102. The molecule has 0 fully saturated rings. The van der Waals surface area contributed by atoms with Gasteiger partial charge in [-0.25, -0.2) is 9.97 Å². The predicted octanol–water partition coefficient (Wildman–Crippen LogP) is 3.14. The van der Waals surface area contributed by atoms with Gasteiger partial charge in [0.25, 0.3) is 5.91 Å². The molecule has 22 heavy (non-hydrogen) atoms. The number of nitrogens with one attached hydrogen (secondary N) is 1. The average Bonchev–Trinajstić information content (AvgIpc) is 2.57. The molecule has 5 heteroatoms. The van der Waals surface area contributed by atoms with Gasteiger partial charge in [0.15, 0.2) is 0 Å². The zero-order chi connectivity index (χ0) is 15.9. The van der Waals surface area contributed by atoms with Crippen LogP contribution in [0.3, 0.4) is 0 Å². The van der Waals surface area contributed by atoms with Gasteiger partial charge in [0.05, 0.1) is 5.56 Å². The number of aromatic nitrogens is 2. The first-order valence-electron chi connectivity index (χ1n) is 7.65. The molecule has 116 valence electrons. The van der Waals surface area contributed by atoms with Gasteiger partial charge in [-0.05, 0) is 31.9 Å². The highest BCUT2D eigenvalue weighted by Crippen LogP contribution is 2.16. The third-order valence-electron chi connectivity index (χ3n) is 3.59. The SMILES string of the molecule is CCc1ccccc1NC(=O)c1cnc(N(CC)CC)nc1. The first-order valence-corrected chi connectivity index (χ1v) is 7.65. The molecule has 0 bridgehead atoms. The van der Waals surface area contributed by atoms with E-state index in [1.807, 2.05) is 29.2 Å². The van der Waals surface area contributed by atoms with Crippen LogP contribution in [0.15, 0.2) is 36.7 Å². The Bertz CT molecular complexity index is 621. The third-order valence-corrected chi connectivity index (χ3v) is 3.59. The summed E-state index contributed by atoms with van der Waals surface area (Å²) in [4.78, 5) is 22.9. The molecule has 0 atom stereocenters. The molecular weight excluding hydrogens is 276 g/mol. The molecule has 0 aliphatic heterocycles. The summed E-state index contributed by atoms with van der Waals surface area (Å²) in [5, 5.41) is 2.92. The van der Waals surface area contributed by atoms with E-state index in [0.717, 1.165) is 30.8 Å². The fourth-order valence-corrected chi connectivity index (χ4v) is 2.25. The summed E-state index contributed by atoms with van der Waals surface area (Å²) < 4.78 is 0. The summed E-state index contributed by atoms with van der Waals surface area (Å²) >= 11 is 0. The van der Waals surface area contributed by atoms with Gasteiger partial charge >= 0.3 is 0 Å². The smallest absolute Gasteiger partial charge is 0.258 e. The van der Waals surface area contributed by atoms with Crippen LogP contribution < -0.4 is 10.2 Å². The average molecular weight is 298 g/mol. The van der Waals surface area contributed by atoms with Crippen LogP contribution in [0.25, 0.3) is 0 Å². The van der Waals surface area contributed by atoms with E-state index in [1.54, 1.807) is 12.4 Å². The number of nitrogens with zero attached hydrogens (tertiary/aromatic N) is 3. The molecule has 0 aliphatic rings. The van der Waals surface area contributed by atoms with E-state index < -0.39 is 0 Å². The van der Waals surface area contributed by atoms with Crippen molar-refractivity contribution in [3.05, 3.63) is 47.8 Å². The van der Waals surface area contributed by atoms with Crippen LogP contribution in [0.2, 0.25) is 0 Å². The standard InChI is InChI=1S/C17H22N4O/c1-4-13-9-7-8-10-15(13)20-16(22)14-11-18-17(19-12-14)21(5-2)6-3/h7-12H,4-6H2,1-3H3,(H,20,22). The third kappa shape index (κ3) is 3.61. The molecular formula is C17H22N4O. The van der Waals surface area contributed by atoms with Gasteiger partial charge in [0, 0.05) is 31.2 Å². The van der Waals surface area contributed by atoms with Crippen molar-refractivity contribution in [1.29, 1.82) is 0 Å². The van der Waals surface area contributed by atoms with Gasteiger partial charge in [0.2, 0.25) is 5.95 Å². The van der Waals surface area contributed by atoms with Crippen molar-refractivity contribution in [3.8, 4) is 0 Å². The van der Waals surface area contributed by atoms with Crippen molar-refractivity contribution in [2.75, 3.05) is 23.3 Å². The summed E-state index contributed by atoms with van der Waals surface area (Å²) in [6.45, 7) is 7.84. The fraction of sp³-hybridized carbons (Fsp3) is 0.353. The summed E-state index contributed by atoms with van der Waals surface area (Å²) in [7, 11) is 0. The largest absolute Gasteiger partial charge is 0.341 e. The van der Waals surface area contributed by atoms with E-state index in [9.17, 15) is 4.79 Å². The Morgan fingerprint density at radius 3 is 2.32 bits per heavy atom. The van der Waals surface area contributed by atoms with Crippen molar-refractivity contribution in [2.45, 2.75) is 27.2 Å². The first-order chi connectivity index (χ1) is 10.7. The molecule has 0 radical (unpaired) electrons. The Kier molecular flexibility index (Phi) is 5.47. The Hall–Kier alpha value is -2.43. The second-order valence-electron chi connectivity index (χ2n) is 4.91. The molecule has 0 unspecified atom stereocenters. The minimum Gasteiger partial charge on any atom is -0.341 e. The van der Waals surface area contributed by atoms with Crippen molar-refractivity contribution < 1.29 is 4.79 Å². The maximum atomic E-state index is 12.3. The molecule has 1 aromatic heterocycles. The summed E-state index contributed by atoms with van der Waals surface area (Å²) in [5.41, 5.74) is 2.40. The van der Waals surface area contributed by atoms with Gasteiger partial charge in [-0.15, -0.1) is 0 Å². The van der Waals surface area contributed by atoms with E-state index in [2.05, 4.69) is 36.1 Å². The lowest BCUT2D eigenvalue weighted by Gasteiger charge is -2.18. The highest BCUT2D eigenvalue weighted by atomic mass is 16.1. The lowest BCUT2D eigenvalue weighted by atomic mass is 10.1. The fourth-order valence-electron chi connectivity index (χ4n) is 2.25. The van der Waals surface area contributed by atoms with Gasteiger partial charge < -0.3 is 10.2 Å². The number of rotatable bonds is 6. The van der Waals surface area contributed by atoms with Crippen LogP contribution >= 0.6 is 0 Å². The molecule has 0 spiro atoms. The molecule has 2 aromatic rings. The second kappa shape index (κ2) is 7.54. The van der Waals surface area contributed by atoms with Crippen LogP contribution in [-0.2, 0) is 6.42 Å². The normalized spacial score (nSPS) is 10.3. The summed E-state index contributed by atoms with van der Waals surface area (Å²) in [6.07, 6.45) is 4.02. The Morgan fingerprint density at radius 1 is 1.09 bits per heavy atom. The van der Waals surface area contributed by atoms with E-state index in [0.29, 0.717) is 11.5 Å².